The van der Waals surface area contributed by atoms with Gasteiger partial charge in [0.05, 0.1) is 23.3 Å². The molecular formula is C13H21BrN4OSi. The van der Waals surface area contributed by atoms with Crippen molar-refractivity contribution in [2.24, 2.45) is 5.16 Å². The molecule has 0 radical (unpaired) electrons. The highest BCUT2D eigenvalue weighted by Gasteiger charge is 2.40. The van der Waals surface area contributed by atoms with Gasteiger partial charge in [-0.3, -0.25) is 0 Å². The van der Waals surface area contributed by atoms with Crippen LogP contribution in [-0.4, -0.2) is 37.1 Å². The topological polar surface area (TPSA) is 50.6 Å². The number of hydrogen-bond donors (Lipinski definition) is 0. The predicted molar refractivity (Wildman–Crippen MR) is 87.7 cm³/mol. The summed E-state index contributed by atoms with van der Waals surface area (Å²) in [5, 5.41) is 4.51. The Kier molecular flexibility index (Phi) is 4.20. The van der Waals surface area contributed by atoms with E-state index < -0.39 is 8.32 Å². The Labute approximate surface area is 129 Å². The lowest BCUT2D eigenvalue weighted by Crippen LogP contribution is -2.49. The molecule has 0 aliphatic carbocycles. The minimum atomic E-state index is -1.80. The Morgan fingerprint density at radius 2 is 1.80 bits per heavy atom. The SMILES string of the molecule is CC(C)(C)[Si](C)(C)ON=C1CN(c2ncc(Br)cn2)C1. The molecule has 0 unspecified atom stereocenters. The number of aromatic nitrogens is 2. The van der Waals surface area contributed by atoms with E-state index in [1.54, 1.807) is 12.4 Å². The highest BCUT2D eigenvalue weighted by molar-refractivity contribution is 9.10. The summed E-state index contributed by atoms with van der Waals surface area (Å²) in [5.41, 5.74) is 1.06. The molecule has 110 valence electrons. The van der Waals surface area contributed by atoms with Crippen molar-refractivity contribution in [3.8, 4) is 0 Å². The fourth-order valence-electron chi connectivity index (χ4n) is 1.38. The summed E-state index contributed by atoms with van der Waals surface area (Å²) in [6.45, 7) is 12.5. The first-order valence-corrected chi connectivity index (χ1v) is 10.4. The van der Waals surface area contributed by atoms with Crippen molar-refractivity contribution in [3.63, 3.8) is 0 Å². The van der Waals surface area contributed by atoms with Gasteiger partial charge in [-0.05, 0) is 34.1 Å². The fourth-order valence-corrected chi connectivity index (χ4v) is 2.21. The summed E-state index contributed by atoms with van der Waals surface area (Å²) in [4.78, 5) is 10.6. The molecule has 1 aromatic rings. The Morgan fingerprint density at radius 1 is 1.25 bits per heavy atom. The fraction of sp³-hybridized carbons (Fsp3) is 0.615. The Balaban J connectivity index is 1.90. The molecule has 5 nitrogen and oxygen atoms in total. The molecule has 0 spiro atoms. The zero-order valence-electron chi connectivity index (χ0n) is 12.6. The van der Waals surface area contributed by atoms with E-state index in [-0.39, 0.29) is 5.04 Å². The van der Waals surface area contributed by atoms with Crippen LogP contribution >= 0.6 is 15.9 Å². The maximum absolute atomic E-state index is 5.85. The molecule has 0 bridgehead atoms. The first kappa shape index (κ1) is 15.4. The largest absolute Gasteiger partial charge is 0.455 e. The van der Waals surface area contributed by atoms with Gasteiger partial charge in [0.25, 0.3) is 8.32 Å². The second kappa shape index (κ2) is 5.44. The third-order valence-corrected chi connectivity index (χ3v) is 8.42. The minimum Gasteiger partial charge on any atom is -0.455 e. The molecular weight excluding hydrogens is 336 g/mol. The van der Waals surface area contributed by atoms with E-state index >= 15 is 0 Å². The van der Waals surface area contributed by atoms with Crippen LogP contribution in [0, 0.1) is 0 Å². The van der Waals surface area contributed by atoms with Gasteiger partial charge in [-0.25, -0.2) is 9.97 Å². The molecule has 1 saturated heterocycles. The third kappa shape index (κ3) is 3.38. The summed E-state index contributed by atoms with van der Waals surface area (Å²) < 4.78 is 6.74. The van der Waals surface area contributed by atoms with Crippen LogP contribution < -0.4 is 4.90 Å². The van der Waals surface area contributed by atoms with Crippen molar-refractivity contribution in [2.45, 2.75) is 38.9 Å². The zero-order valence-corrected chi connectivity index (χ0v) is 15.2. The van der Waals surface area contributed by atoms with Crippen molar-refractivity contribution < 1.29 is 4.53 Å². The molecule has 1 aromatic heterocycles. The highest BCUT2D eigenvalue weighted by atomic mass is 79.9. The number of anilines is 1. The van der Waals surface area contributed by atoms with Gasteiger partial charge in [-0.2, -0.15) is 0 Å². The minimum absolute atomic E-state index is 0.176. The molecule has 1 fully saturated rings. The molecule has 0 aromatic carbocycles. The van der Waals surface area contributed by atoms with Gasteiger partial charge in [0.2, 0.25) is 5.95 Å². The average Bonchev–Trinajstić information content (AvgIpc) is 2.27. The highest BCUT2D eigenvalue weighted by Crippen LogP contribution is 2.36. The van der Waals surface area contributed by atoms with E-state index in [1.165, 1.54) is 0 Å². The third-order valence-electron chi connectivity index (χ3n) is 3.85. The maximum atomic E-state index is 5.85. The Bertz CT molecular complexity index is 502. The number of oxime groups is 1. The van der Waals surface area contributed by atoms with Crippen LogP contribution in [-0.2, 0) is 4.53 Å². The van der Waals surface area contributed by atoms with Crippen LogP contribution in [0.3, 0.4) is 0 Å². The molecule has 1 aliphatic heterocycles. The molecule has 0 saturated carbocycles. The summed E-state index contributed by atoms with van der Waals surface area (Å²) in [6.07, 6.45) is 3.51. The van der Waals surface area contributed by atoms with Gasteiger partial charge in [0.15, 0.2) is 0 Å². The molecule has 7 heteroatoms. The first-order valence-electron chi connectivity index (χ1n) is 6.65. The van der Waals surface area contributed by atoms with Gasteiger partial charge in [-0.15, -0.1) is 5.16 Å². The second-order valence-electron chi connectivity index (χ2n) is 6.57. The predicted octanol–water partition coefficient (Wildman–Crippen LogP) is 3.44. The summed E-state index contributed by atoms with van der Waals surface area (Å²) in [5.74, 6) is 0.736. The standard InChI is InChI=1S/C13H21BrN4OSi/c1-13(2,3)20(4,5)19-17-11-8-18(9-11)12-15-6-10(14)7-16-12/h6-7H,8-9H2,1-5H3. The van der Waals surface area contributed by atoms with Gasteiger partial charge < -0.3 is 9.43 Å². The molecule has 0 amide bonds. The van der Waals surface area contributed by atoms with Crippen LogP contribution in [0.2, 0.25) is 18.1 Å². The van der Waals surface area contributed by atoms with Gasteiger partial charge in [0.1, 0.15) is 0 Å². The lowest BCUT2D eigenvalue weighted by atomic mass is 10.2. The van der Waals surface area contributed by atoms with E-state index in [2.05, 4.69) is 69.8 Å². The van der Waals surface area contributed by atoms with Gasteiger partial charge >= 0.3 is 0 Å². The number of nitrogens with zero attached hydrogens (tertiary/aromatic N) is 4. The van der Waals surface area contributed by atoms with E-state index in [9.17, 15) is 0 Å². The second-order valence-corrected chi connectivity index (χ2v) is 12.2. The Morgan fingerprint density at radius 3 is 2.30 bits per heavy atom. The van der Waals surface area contributed by atoms with Crippen molar-refractivity contribution in [2.75, 3.05) is 18.0 Å². The van der Waals surface area contributed by atoms with Crippen LogP contribution in [0.4, 0.5) is 5.95 Å². The molecule has 2 heterocycles. The quantitative estimate of drug-likeness (QED) is 0.614. The zero-order chi connectivity index (χ0) is 15.0. The number of rotatable bonds is 3. The van der Waals surface area contributed by atoms with Crippen molar-refractivity contribution >= 4 is 35.9 Å². The normalized spacial score (nSPS) is 15.9. The summed E-state index contributed by atoms with van der Waals surface area (Å²) >= 11 is 3.33. The summed E-state index contributed by atoms with van der Waals surface area (Å²) in [7, 11) is -1.80. The van der Waals surface area contributed by atoms with Crippen LogP contribution in [0.5, 0.6) is 0 Å². The number of halogens is 1. The maximum Gasteiger partial charge on any atom is 0.286 e. The van der Waals surface area contributed by atoms with E-state index in [1.807, 2.05) is 0 Å². The monoisotopic (exact) mass is 356 g/mol. The van der Waals surface area contributed by atoms with Crippen molar-refractivity contribution in [1.82, 2.24) is 9.97 Å². The first-order chi connectivity index (χ1) is 9.19. The lowest BCUT2D eigenvalue weighted by Gasteiger charge is -2.36. The molecule has 2 rings (SSSR count). The smallest absolute Gasteiger partial charge is 0.286 e. The Hall–Kier alpha value is -0.953. The number of hydrogen-bond acceptors (Lipinski definition) is 5. The average molecular weight is 357 g/mol. The van der Waals surface area contributed by atoms with E-state index in [0.717, 1.165) is 29.2 Å². The molecule has 0 N–H and O–H groups in total. The van der Waals surface area contributed by atoms with Crippen molar-refractivity contribution in [3.05, 3.63) is 16.9 Å². The molecule has 1 aliphatic rings. The van der Waals surface area contributed by atoms with E-state index in [0.29, 0.717) is 0 Å². The van der Waals surface area contributed by atoms with Gasteiger partial charge in [-0.1, -0.05) is 20.8 Å². The lowest BCUT2D eigenvalue weighted by molar-refractivity contribution is 0.305. The molecule has 0 atom stereocenters. The van der Waals surface area contributed by atoms with Crippen LogP contribution in [0.15, 0.2) is 22.0 Å². The van der Waals surface area contributed by atoms with E-state index in [4.69, 9.17) is 4.53 Å². The summed E-state index contributed by atoms with van der Waals surface area (Å²) in [6, 6.07) is 0. The molecule has 20 heavy (non-hydrogen) atoms. The van der Waals surface area contributed by atoms with Crippen LogP contribution in [0.25, 0.3) is 0 Å². The van der Waals surface area contributed by atoms with Gasteiger partial charge in [0, 0.05) is 12.4 Å². The van der Waals surface area contributed by atoms with Crippen LogP contribution in [0.1, 0.15) is 20.8 Å². The van der Waals surface area contributed by atoms with Crippen molar-refractivity contribution in [1.29, 1.82) is 0 Å².